The molecule has 0 N–H and O–H groups in total. The van der Waals surface area contributed by atoms with Gasteiger partial charge in [-0.15, -0.1) is 0 Å². The highest BCUT2D eigenvalue weighted by molar-refractivity contribution is 5.89. The van der Waals surface area contributed by atoms with E-state index >= 15 is 0 Å². The minimum absolute atomic E-state index is 0.0642. The molecule has 32 heavy (non-hydrogen) atoms. The van der Waals surface area contributed by atoms with Crippen LogP contribution < -0.4 is 0 Å². The molecule has 0 saturated carbocycles. The second kappa shape index (κ2) is 10.3. The second-order valence-electron chi connectivity index (χ2n) is 9.15. The van der Waals surface area contributed by atoms with E-state index in [9.17, 15) is 9.59 Å². The number of carbonyl (C=O) groups excluding carboxylic acids is 2. The molecule has 0 bridgehead atoms. The van der Waals surface area contributed by atoms with Crippen LogP contribution in [0, 0.1) is 20.8 Å². The molecule has 2 heterocycles. The number of hydrogen-bond donors (Lipinski definition) is 0. The fourth-order valence-electron chi connectivity index (χ4n) is 5.09. The van der Waals surface area contributed by atoms with Gasteiger partial charge in [0.05, 0.1) is 26.7 Å². The lowest BCUT2D eigenvalue weighted by atomic mass is 9.86. The number of morpholine rings is 1. The van der Waals surface area contributed by atoms with E-state index in [-0.39, 0.29) is 18.3 Å². The Labute approximate surface area is 192 Å². The smallest absolute Gasteiger partial charge is 0.333 e. The van der Waals surface area contributed by atoms with Gasteiger partial charge >= 0.3 is 5.97 Å². The fourth-order valence-corrected chi connectivity index (χ4v) is 5.09. The number of aryl methyl sites for hydroxylation is 3. The molecule has 1 aromatic rings. The molecule has 0 radical (unpaired) electrons. The van der Waals surface area contributed by atoms with Crippen LogP contribution in [0.5, 0.6) is 0 Å². The molecule has 0 spiro atoms. The van der Waals surface area contributed by atoms with Crippen LogP contribution in [0.15, 0.2) is 12.1 Å². The summed E-state index contributed by atoms with van der Waals surface area (Å²) in [6.07, 6.45) is 1.30. The van der Waals surface area contributed by atoms with Crippen LogP contribution in [0.1, 0.15) is 35.1 Å². The Morgan fingerprint density at radius 1 is 1.00 bits per heavy atom. The first-order valence-corrected chi connectivity index (χ1v) is 11.4. The SMILES string of the molecule is COC(=O)C1(N(C(=O)Cc2c(C)cc(C)cc2C)N2CCOCC2)CCN(N(C)C)CC1. The summed E-state index contributed by atoms with van der Waals surface area (Å²) < 4.78 is 10.8. The summed E-state index contributed by atoms with van der Waals surface area (Å²) in [5, 5.41) is 7.98. The zero-order valence-electron chi connectivity index (χ0n) is 20.4. The van der Waals surface area contributed by atoms with Crippen LogP contribution in [0.3, 0.4) is 0 Å². The number of piperidine rings is 1. The van der Waals surface area contributed by atoms with Gasteiger partial charge in [0.15, 0.2) is 5.54 Å². The lowest BCUT2D eigenvalue weighted by Crippen LogP contribution is -2.69. The molecule has 1 aromatic carbocycles. The Hall–Kier alpha value is -2.00. The maximum Gasteiger partial charge on any atom is 0.333 e. The molecule has 0 aliphatic carbocycles. The second-order valence-corrected chi connectivity index (χ2v) is 9.15. The first kappa shape index (κ1) is 24.6. The van der Waals surface area contributed by atoms with E-state index in [1.165, 1.54) is 12.7 Å². The van der Waals surface area contributed by atoms with Gasteiger partial charge in [0.25, 0.3) is 0 Å². The van der Waals surface area contributed by atoms with E-state index in [1.54, 1.807) is 5.01 Å². The van der Waals surface area contributed by atoms with Crippen LogP contribution in [-0.2, 0) is 25.5 Å². The number of nitrogens with zero attached hydrogens (tertiary/aromatic N) is 4. The first-order valence-electron chi connectivity index (χ1n) is 11.4. The van der Waals surface area contributed by atoms with E-state index in [4.69, 9.17) is 9.47 Å². The molecule has 2 aliphatic rings. The molecule has 0 unspecified atom stereocenters. The number of rotatable bonds is 6. The minimum atomic E-state index is -1.01. The van der Waals surface area contributed by atoms with Crippen molar-refractivity contribution in [2.24, 2.45) is 0 Å². The molecular weight excluding hydrogens is 408 g/mol. The van der Waals surface area contributed by atoms with Crippen molar-refractivity contribution in [2.45, 2.75) is 45.6 Å². The quantitative estimate of drug-likeness (QED) is 0.617. The number of ether oxygens (including phenoxy) is 2. The molecule has 2 aliphatic heterocycles. The Morgan fingerprint density at radius 3 is 2.06 bits per heavy atom. The number of esters is 1. The number of benzene rings is 1. The average Bonchev–Trinajstić information content (AvgIpc) is 2.76. The van der Waals surface area contributed by atoms with Crippen LogP contribution in [-0.4, -0.2) is 98.0 Å². The molecule has 0 aromatic heterocycles. The lowest BCUT2D eigenvalue weighted by molar-refractivity contribution is -0.202. The van der Waals surface area contributed by atoms with Crippen LogP contribution in [0.2, 0.25) is 0 Å². The fraction of sp³-hybridized carbons (Fsp3) is 0.667. The van der Waals surface area contributed by atoms with E-state index < -0.39 is 5.54 Å². The van der Waals surface area contributed by atoms with Gasteiger partial charge in [-0.05, 0) is 50.3 Å². The molecule has 3 rings (SSSR count). The highest BCUT2D eigenvalue weighted by Crippen LogP contribution is 2.34. The highest BCUT2D eigenvalue weighted by Gasteiger charge is 2.52. The van der Waals surface area contributed by atoms with Gasteiger partial charge in [-0.1, -0.05) is 17.7 Å². The van der Waals surface area contributed by atoms with Gasteiger partial charge in [-0.2, -0.15) is 0 Å². The molecule has 8 nitrogen and oxygen atoms in total. The monoisotopic (exact) mass is 446 g/mol. The summed E-state index contributed by atoms with van der Waals surface area (Å²) in [6.45, 7) is 9.75. The molecule has 178 valence electrons. The number of carbonyl (C=O) groups is 2. The molecule has 8 heteroatoms. The summed E-state index contributed by atoms with van der Waals surface area (Å²) in [5.41, 5.74) is 3.41. The van der Waals surface area contributed by atoms with Gasteiger partial charge in [-0.25, -0.2) is 19.8 Å². The highest BCUT2D eigenvalue weighted by atomic mass is 16.5. The van der Waals surface area contributed by atoms with Crippen molar-refractivity contribution in [3.8, 4) is 0 Å². The maximum atomic E-state index is 14.0. The standard InChI is InChI=1S/C24H38N4O4/c1-18-15-19(2)21(20(3)16-18)17-22(29)28(27-11-13-32-14-12-27)24(23(30)31-6)7-9-26(10-8-24)25(4)5/h15-16H,7-14,17H2,1-6H3. The normalized spacial score (nSPS) is 19.7. The molecule has 0 atom stereocenters. The molecular formula is C24H38N4O4. The van der Waals surface area contributed by atoms with Crippen molar-refractivity contribution in [3.63, 3.8) is 0 Å². The summed E-state index contributed by atoms with van der Waals surface area (Å²) in [4.78, 5) is 27.2. The third-order valence-electron chi connectivity index (χ3n) is 6.78. The van der Waals surface area contributed by atoms with Crippen molar-refractivity contribution >= 4 is 11.9 Å². The molecule has 2 saturated heterocycles. The summed E-state index contributed by atoms with van der Waals surface area (Å²) >= 11 is 0. The Bertz CT molecular complexity index is 804. The summed E-state index contributed by atoms with van der Waals surface area (Å²) in [5.74, 6) is -0.404. The zero-order valence-corrected chi connectivity index (χ0v) is 20.4. The lowest BCUT2D eigenvalue weighted by Gasteiger charge is -2.51. The van der Waals surface area contributed by atoms with Crippen LogP contribution in [0.25, 0.3) is 0 Å². The van der Waals surface area contributed by atoms with Gasteiger partial charge in [0, 0.05) is 40.3 Å². The van der Waals surface area contributed by atoms with Crippen molar-refractivity contribution in [3.05, 3.63) is 34.4 Å². The number of hydrazine groups is 2. The van der Waals surface area contributed by atoms with E-state index in [0.29, 0.717) is 52.2 Å². The van der Waals surface area contributed by atoms with Crippen LogP contribution >= 0.6 is 0 Å². The van der Waals surface area contributed by atoms with Gasteiger partial charge in [-0.3, -0.25) is 9.80 Å². The Balaban J connectivity index is 1.98. The molecule has 1 amide bonds. The van der Waals surface area contributed by atoms with Gasteiger partial charge in [0.1, 0.15) is 0 Å². The van der Waals surface area contributed by atoms with Crippen molar-refractivity contribution in [2.75, 3.05) is 60.6 Å². The number of hydrogen-bond acceptors (Lipinski definition) is 7. The molecule has 2 fully saturated rings. The van der Waals surface area contributed by atoms with Crippen molar-refractivity contribution in [1.29, 1.82) is 0 Å². The van der Waals surface area contributed by atoms with Crippen molar-refractivity contribution in [1.82, 2.24) is 20.0 Å². The first-order chi connectivity index (χ1) is 15.2. The summed E-state index contributed by atoms with van der Waals surface area (Å²) in [7, 11) is 5.41. The minimum Gasteiger partial charge on any atom is -0.467 e. The third-order valence-corrected chi connectivity index (χ3v) is 6.78. The Morgan fingerprint density at radius 2 is 1.56 bits per heavy atom. The third kappa shape index (κ3) is 4.98. The predicted molar refractivity (Wildman–Crippen MR) is 123 cm³/mol. The van der Waals surface area contributed by atoms with Crippen LogP contribution in [0.4, 0.5) is 0 Å². The largest absolute Gasteiger partial charge is 0.467 e. The topological polar surface area (TPSA) is 65.6 Å². The maximum absolute atomic E-state index is 14.0. The van der Waals surface area contributed by atoms with Gasteiger partial charge in [0.2, 0.25) is 5.91 Å². The number of methoxy groups -OCH3 is 1. The van der Waals surface area contributed by atoms with E-state index in [2.05, 4.69) is 24.1 Å². The van der Waals surface area contributed by atoms with E-state index in [1.807, 2.05) is 38.0 Å². The summed E-state index contributed by atoms with van der Waals surface area (Å²) in [6, 6.07) is 4.22. The predicted octanol–water partition coefficient (Wildman–Crippen LogP) is 1.71. The van der Waals surface area contributed by atoms with Gasteiger partial charge < -0.3 is 9.47 Å². The zero-order chi connectivity index (χ0) is 23.5. The van der Waals surface area contributed by atoms with Crippen molar-refractivity contribution < 1.29 is 19.1 Å². The Kier molecular flexibility index (Phi) is 7.92. The number of amides is 1. The average molecular weight is 447 g/mol. The van der Waals surface area contributed by atoms with E-state index in [0.717, 1.165) is 16.7 Å².